The van der Waals surface area contributed by atoms with E-state index in [-0.39, 0.29) is 11.8 Å². The highest BCUT2D eigenvalue weighted by Crippen LogP contribution is 2.29. The molecule has 3 aromatic rings. The Hall–Kier alpha value is -3.26. The van der Waals surface area contributed by atoms with Crippen molar-refractivity contribution in [1.82, 2.24) is 30.0 Å². The van der Waals surface area contributed by atoms with E-state index in [1.807, 2.05) is 51.2 Å². The van der Waals surface area contributed by atoms with Crippen LogP contribution in [0.15, 0.2) is 36.5 Å². The Morgan fingerprint density at radius 2 is 2.00 bits per heavy atom. The second kappa shape index (κ2) is 10.1. The normalized spacial score (nSPS) is 16.5. The summed E-state index contributed by atoms with van der Waals surface area (Å²) in [6, 6.07) is 9.87. The van der Waals surface area contributed by atoms with E-state index < -0.39 is 0 Å². The fourth-order valence-electron chi connectivity index (χ4n) is 4.53. The first-order chi connectivity index (χ1) is 16.0. The van der Waals surface area contributed by atoms with Gasteiger partial charge in [0.25, 0.3) is 5.91 Å². The maximum atomic E-state index is 12.7. The number of aromatic nitrogens is 4. The molecular formula is C25H32N6O2. The van der Waals surface area contributed by atoms with Crippen LogP contribution in [0.5, 0.6) is 5.88 Å². The molecule has 1 aliphatic rings. The zero-order valence-electron chi connectivity index (χ0n) is 19.8. The number of rotatable bonds is 7. The summed E-state index contributed by atoms with van der Waals surface area (Å²) < 4.78 is 7.35. The van der Waals surface area contributed by atoms with E-state index in [0.29, 0.717) is 17.8 Å². The molecule has 33 heavy (non-hydrogen) atoms. The number of likely N-dealkylation sites (tertiary alicyclic amines) is 1. The first-order valence-electron chi connectivity index (χ1n) is 11.4. The van der Waals surface area contributed by atoms with Crippen molar-refractivity contribution in [2.24, 2.45) is 7.05 Å². The zero-order chi connectivity index (χ0) is 23.4. The number of carbonyl (C=O) groups is 1. The van der Waals surface area contributed by atoms with Gasteiger partial charge >= 0.3 is 0 Å². The molecule has 1 aliphatic heterocycles. The number of methoxy groups -OCH3 is 1. The average Bonchev–Trinajstić information content (AvgIpc) is 3.10. The molecule has 0 aliphatic carbocycles. The van der Waals surface area contributed by atoms with Gasteiger partial charge in [-0.3, -0.25) is 9.69 Å². The Morgan fingerprint density at radius 1 is 1.21 bits per heavy atom. The van der Waals surface area contributed by atoms with Gasteiger partial charge < -0.3 is 10.1 Å². The van der Waals surface area contributed by atoms with Crippen LogP contribution in [-0.2, 0) is 20.1 Å². The van der Waals surface area contributed by atoms with Crippen molar-refractivity contribution in [2.45, 2.75) is 45.7 Å². The van der Waals surface area contributed by atoms with Gasteiger partial charge in [-0.15, -0.1) is 0 Å². The van der Waals surface area contributed by atoms with Gasteiger partial charge in [0, 0.05) is 38.8 Å². The molecule has 1 saturated heterocycles. The zero-order valence-corrected chi connectivity index (χ0v) is 19.8. The van der Waals surface area contributed by atoms with Crippen LogP contribution in [0.1, 0.15) is 57.5 Å². The third-order valence-electron chi connectivity index (χ3n) is 6.27. The Labute approximate surface area is 195 Å². The molecule has 0 bridgehead atoms. The number of nitrogens with zero attached hydrogens (tertiary/aromatic N) is 5. The summed E-state index contributed by atoms with van der Waals surface area (Å²) in [4.78, 5) is 24.4. The average molecular weight is 449 g/mol. The SMILES string of the molecule is COc1c(CN2CCCC(c3ncc(C(=O)NCc4ccccc4)c(C)n3)C2)c(C)nn1C. The fourth-order valence-corrected chi connectivity index (χ4v) is 4.53. The number of ether oxygens (including phenoxy) is 1. The van der Waals surface area contributed by atoms with Crippen LogP contribution >= 0.6 is 0 Å². The Kier molecular flexibility index (Phi) is 7.03. The maximum Gasteiger partial charge on any atom is 0.254 e. The van der Waals surface area contributed by atoms with Crippen molar-refractivity contribution < 1.29 is 9.53 Å². The minimum Gasteiger partial charge on any atom is -0.481 e. The topological polar surface area (TPSA) is 85.2 Å². The smallest absolute Gasteiger partial charge is 0.254 e. The molecule has 2 aromatic heterocycles. The lowest BCUT2D eigenvalue weighted by atomic mass is 9.96. The molecule has 174 valence electrons. The number of aryl methyl sites for hydroxylation is 3. The van der Waals surface area contributed by atoms with Crippen LogP contribution in [0, 0.1) is 13.8 Å². The molecule has 8 nitrogen and oxygen atoms in total. The minimum absolute atomic E-state index is 0.146. The van der Waals surface area contributed by atoms with Crippen molar-refractivity contribution in [3.05, 3.63) is 70.4 Å². The van der Waals surface area contributed by atoms with Crippen LogP contribution in [-0.4, -0.2) is 50.8 Å². The third kappa shape index (κ3) is 5.22. The number of amides is 1. The fraction of sp³-hybridized carbons (Fsp3) is 0.440. The summed E-state index contributed by atoms with van der Waals surface area (Å²) in [5.74, 6) is 1.72. The van der Waals surface area contributed by atoms with Gasteiger partial charge in [0.1, 0.15) is 5.82 Å². The summed E-state index contributed by atoms with van der Waals surface area (Å²) in [7, 11) is 3.59. The highest BCUT2D eigenvalue weighted by atomic mass is 16.5. The summed E-state index contributed by atoms with van der Waals surface area (Å²) >= 11 is 0. The largest absolute Gasteiger partial charge is 0.481 e. The minimum atomic E-state index is -0.146. The van der Waals surface area contributed by atoms with Crippen molar-refractivity contribution in [3.63, 3.8) is 0 Å². The van der Waals surface area contributed by atoms with Crippen molar-refractivity contribution in [1.29, 1.82) is 0 Å². The van der Waals surface area contributed by atoms with Gasteiger partial charge in [-0.05, 0) is 38.8 Å². The van der Waals surface area contributed by atoms with Crippen molar-refractivity contribution in [3.8, 4) is 5.88 Å². The first-order valence-corrected chi connectivity index (χ1v) is 11.4. The highest BCUT2D eigenvalue weighted by Gasteiger charge is 2.26. The van der Waals surface area contributed by atoms with E-state index in [0.717, 1.165) is 61.0 Å². The predicted molar refractivity (Wildman–Crippen MR) is 126 cm³/mol. The van der Waals surface area contributed by atoms with Gasteiger partial charge in [0.2, 0.25) is 5.88 Å². The number of hydrogen-bond donors (Lipinski definition) is 1. The number of nitrogens with one attached hydrogen (secondary N) is 1. The van der Waals surface area contributed by atoms with E-state index >= 15 is 0 Å². The number of hydrogen-bond acceptors (Lipinski definition) is 6. The number of piperidine rings is 1. The number of carbonyl (C=O) groups excluding carboxylic acids is 1. The molecule has 1 fully saturated rings. The van der Waals surface area contributed by atoms with Crippen LogP contribution in [0.25, 0.3) is 0 Å². The molecule has 1 unspecified atom stereocenters. The van der Waals surface area contributed by atoms with E-state index in [1.54, 1.807) is 18.0 Å². The van der Waals surface area contributed by atoms with Gasteiger partial charge in [-0.1, -0.05) is 30.3 Å². The molecule has 0 saturated carbocycles. The molecule has 4 rings (SSSR count). The molecule has 0 radical (unpaired) electrons. The lowest BCUT2D eigenvalue weighted by Gasteiger charge is -2.32. The highest BCUT2D eigenvalue weighted by molar-refractivity contribution is 5.94. The van der Waals surface area contributed by atoms with Crippen LogP contribution in [0.4, 0.5) is 0 Å². The van der Waals surface area contributed by atoms with E-state index in [1.165, 1.54) is 0 Å². The second-order valence-corrected chi connectivity index (χ2v) is 8.67. The molecule has 0 spiro atoms. The molecule has 1 N–H and O–H groups in total. The summed E-state index contributed by atoms with van der Waals surface area (Å²) in [6.07, 6.45) is 3.79. The first kappa shape index (κ1) is 22.9. The predicted octanol–water partition coefficient (Wildman–Crippen LogP) is 3.15. The van der Waals surface area contributed by atoms with E-state index in [2.05, 4.69) is 20.3 Å². The molecule has 1 atom stereocenters. The van der Waals surface area contributed by atoms with E-state index in [9.17, 15) is 4.79 Å². The van der Waals surface area contributed by atoms with Crippen molar-refractivity contribution in [2.75, 3.05) is 20.2 Å². The maximum absolute atomic E-state index is 12.7. The molecular weight excluding hydrogens is 416 g/mol. The van der Waals surface area contributed by atoms with Gasteiger partial charge in [0.15, 0.2) is 0 Å². The molecule has 8 heteroatoms. The van der Waals surface area contributed by atoms with Crippen LogP contribution in [0.2, 0.25) is 0 Å². The quantitative estimate of drug-likeness (QED) is 0.598. The summed E-state index contributed by atoms with van der Waals surface area (Å²) in [5, 5.41) is 7.46. The standard InChI is InChI=1S/C25H32N6O2/c1-17-21(24(32)27-13-19-9-6-5-7-10-19)14-26-23(28-17)20-11-8-12-31(15-20)16-22-18(2)29-30(3)25(22)33-4/h5-7,9-10,14,20H,8,11-13,15-16H2,1-4H3,(H,27,32). The molecule has 1 amide bonds. The van der Waals surface area contributed by atoms with Gasteiger partial charge in [-0.25, -0.2) is 14.6 Å². The lowest BCUT2D eigenvalue weighted by molar-refractivity contribution is 0.0949. The number of benzene rings is 1. The lowest BCUT2D eigenvalue weighted by Crippen LogP contribution is -2.35. The monoisotopic (exact) mass is 448 g/mol. The van der Waals surface area contributed by atoms with Crippen LogP contribution in [0.3, 0.4) is 0 Å². The molecule has 1 aromatic carbocycles. The van der Waals surface area contributed by atoms with E-state index in [4.69, 9.17) is 9.72 Å². The Bertz CT molecular complexity index is 1110. The van der Waals surface area contributed by atoms with Crippen molar-refractivity contribution >= 4 is 5.91 Å². The summed E-state index contributed by atoms with van der Waals surface area (Å²) in [6.45, 7) is 7.07. The molecule has 3 heterocycles. The Balaban J connectivity index is 1.41. The Morgan fingerprint density at radius 3 is 2.73 bits per heavy atom. The second-order valence-electron chi connectivity index (χ2n) is 8.67. The summed E-state index contributed by atoms with van der Waals surface area (Å²) in [5.41, 5.74) is 4.42. The van der Waals surface area contributed by atoms with Gasteiger partial charge in [0.05, 0.1) is 29.6 Å². The van der Waals surface area contributed by atoms with Crippen LogP contribution < -0.4 is 10.1 Å². The third-order valence-corrected chi connectivity index (χ3v) is 6.27. The van der Waals surface area contributed by atoms with Gasteiger partial charge in [-0.2, -0.15) is 5.10 Å².